The summed E-state index contributed by atoms with van der Waals surface area (Å²) in [4.78, 5) is 47.8. The van der Waals surface area contributed by atoms with Crippen LogP contribution < -0.4 is 15.4 Å². The van der Waals surface area contributed by atoms with E-state index in [0.29, 0.717) is 22.7 Å². The normalized spacial score (nSPS) is 10.2. The van der Waals surface area contributed by atoms with Gasteiger partial charge in [-0.05, 0) is 74.0 Å². The molecule has 9 heteroatoms. The molecule has 192 valence electrons. The Bertz CT molecular complexity index is 1240. The van der Waals surface area contributed by atoms with Gasteiger partial charge in [0.25, 0.3) is 5.91 Å². The smallest absolute Gasteiger partial charge is 0.338 e. The van der Waals surface area contributed by atoms with E-state index in [1.54, 1.807) is 31.2 Å². The molecular weight excluding hydrogens is 476 g/mol. The first-order valence-electron chi connectivity index (χ1n) is 11.7. The first-order valence-corrected chi connectivity index (χ1v) is 11.7. The van der Waals surface area contributed by atoms with Crippen molar-refractivity contribution < 1.29 is 33.4 Å². The first kappa shape index (κ1) is 26.9. The van der Waals surface area contributed by atoms with Gasteiger partial charge in [0.05, 0.1) is 18.6 Å². The number of benzene rings is 3. The van der Waals surface area contributed by atoms with Crippen molar-refractivity contribution in [3.05, 3.63) is 83.9 Å². The van der Waals surface area contributed by atoms with Gasteiger partial charge < -0.3 is 24.8 Å². The van der Waals surface area contributed by atoms with Gasteiger partial charge in [0.15, 0.2) is 6.61 Å². The second-order valence-corrected chi connectivity index (χ2v) is 7.95. The SMILES string of the molecule is CCOC(=O)c1ccc(NC(=O)COC(=O)CCC(=O)Nc2ccc(Oc3ccccc3C)cc2)cc1. The van der Waals surface area contributed by atoms with Gasteiger partial charge in [-0.15, -0.1) is 0 Å². The third-order valence-corrected chi connectivity index (χ3v) is 5.06. The predicted octanol–water partition coefficient (Wildman–Crippen LogP) is 4.86. The number of para-hydroxylation sites is 1. The topological polar surface area (TPSA) is 120 Å². The number of anilines is 2. The van der Waals surface area contributed by atoms with Crippen LogP contribution in [0.2, 0.25) is 0 Å². The quantitative estimate of drug-likeness (QED) is 0.358. The van der Waals surface area contributed by atoms with Gasteiger partial charge >= 0.3 is 11.9 Å². The van der Waals surface area contributed by atoms with Gasteiger partial charge in [-0.25, -0.2) is 4.79 Å². The Morgan fingerprint density at radius 2 is 1.35 bits per heavy atom. The summed E-state index contributed by atoms with van der Waals surface area (Å²) in [6.45, 7) is 3.43. The second kappa shape index (κ2) is 13.4. The first-order chi connectivity index (χ1) is 17.8. The number of amides is 2. The summed E-state index contributed by atoms with van der Waals surface area (Å²) in [5.41, 5.74) is 2.36. The van der Waals surface area contributed by atoms with Crippen molar-refractivity contribution in [2.75, 3.05) is 23.8 Å². The van der Waals surface area contributed by atoms with Crippen molar-refractivity contribution in [3.8, 4) is 11.5 Å². The average molecular weight is 505 g/mol. The van der Waals surface area contributed by atoms with Gasteiger partial charge in [-0.1, -0.05) is 18.2 Å². The van der Waals surface area contributed by atoms with Crippen LogP contribution in [0.5, 0.6) is 11.5 Å². The molecule has 0 spiro atoms. The fraction of sp³-hybridized carbons (Fsp3) is 0.214. The number of hydrogen-bond acceptors (Lipinski definition) is 7. The predicted molar refractivity (Wildman–Crippen MR) is 138 cm³/mol. The third kappa shape index (κ3) is 8.81. The van der Waals surface area contributed by atoms with E-state index < -0.39 is 24.5 Å². The summed E-state index contributed by atoms with van der Waals surface area (Å²) < 4.78 is 15.7. The van der Waals surface area contributed by atoms with E-state index in [9.17, 15) is 19.2 Å². The van der Waals surface area contributed by atoms with Crippen LogP contribution in [0.3, 0.4) is 0 Å². The lowest BCUT2D eigenvalue weighted by atomic mass is 10.2. The Morgan fingerprint density at radius 1 is 0.730 bits per heavy atom. The lowest BCUT2D eigenvalue weighted by Crippen LogP contribution is -2.21. The zero-order chi connectivity index (χ0) is 26.6. The number of nitrogens with one attached hydrogen (secondary N) is 2. The molecular formula is C28H28N2O7. The minimum atomic E-state index is -0.676. The van der Waals surface area contributed by atoms with Gasteiger partial charge in [-0.3, -0.25) is 14.4 Å². The van der Waals surface area contributed by atoms with Crippen molar-refractivity contribution in [2.24, 2.45) is 0 Å². The molecule has 0 aromatic heterocycles. The highest BCUT2D eigenvalue weighted by Gasteiger charge is 2.12. The monoisotopic (exact) mass is 504 g/mol. The molecule has 0 aliphatic carbocycles. The summed E-state index contributed by atoms with van der Waals surface area (Å²) >= 11 is 0. The number of ether oxygens (including phenoxy) is 3. The van der Waals surface area contributed by atoms with Gasteiger partial charge in [-0.2, -0.15) is 0 Å². The maximum Gasteiger partial charge on any atom is 0.338 e. The summed E-state index contributed by atoms with van der Waals surface area (Å²) in [6.07, 6.45) is -0.279. The number of carbonyl (C=O) groups excluding carboxylic acids is 4. The van der Waals surface area contributed by atoms with Gasteiger partial charge in [0.2, 0.25) is 5.91 Å². The van der Waals surface area contributed by atoms with Crippen molar-refractivity contribution in [1.82, 2.24) is 0 Å². The number of rotatable bonds is 11. The lowest BCUT2D eigenvalue weighted by Gasteiger charge is -2.10. The molecule has 0 bridgehead atoms. The van der Waals surface area contributed by atoms with E-state index in [4.69, 9.17) is 14.2 Å². The van der Waals surface area contributed by atoms with Crippen LogP contribution in [-0.4, -0.2) is 37.0 Å². The number of esters is 2. The van der Waals surface area contributed by atoms with Crippen LogP contribution in [0.25, 0.3) is 0 Å². The molecule has 9 nitrogen and oxygen atoms in total. The molecule has 0 saturated carbocycles. The molecule has 3 aromatic carbocycles. The summed E-state index contributed by atoms with van der Waals surface area (Å²) in [6, 6.07) is 20.6. The van der Waals surface area contributed by atoms with Crippen molar-refractivity contribution >= 4 is 35.1 Å². The molecule has 0 aliphatic heterocycles. The highest BCUT2D eigenvalue weighted by atomic mass is 16.5. The highest BCUT2D eigenvalue weighted by Crippen LogP contribution is 2.25. The van der Waals surface area contributed by atoms with Crippen LogP contribution in [0.15, 0.2) is 72.8 Å². The van der Waals surface area contributed by atoms with Crippen LogP contribution in [0.1, 0.15) is 35.7 Å². The van der Waals surface area contributed by atoms with E-state index in [1.807, 2.05) is 31.2 Å². The largest absolute Gasteiger partial charge is 0.462 e. The molecule has 0 fully saturated rings. The standard InChI is InChI=1S/C28H28N2O7/c1-3-35-28(34)20-8-10-21(11-9-20)30-26(32)18-36-27(33)17-16-25(31)29-22-12-14-23(15-13-22)37-24-7-5-4-6-19(24)2/h4-15H,3,16-18H2,1-2H3,(H,29,31)(H,30,32). The minimum Gasteiger partial charge on any atom is -0.462 e. The molecule has 0 heterocycles. The molecule has 0 radical (unpaired) electrons. The Morgan fingerprint density at radius 3 is 2.00 bits per heavy atom. The Kier molecular flexibility index (Phi) is 9.78. The molecule has 0 aliphatic rings. The maximum atomic E-state index is 12.2. The number of hydrogen-bond donors (Lipinski definition) is 2. The van der Waals surface area contributed by atoms with E-state index in [1.165, 1.54) is 24.3 Å². The number of aryl methyl sites for hydroxylation is 1. The fourth-order valence-corrected chi connectivity index (χ4v) is 3.16. The van der Waals surface area contributed by atoms with E-state index in [2.05, 4.69) is 10.6 Å². The molecule has 0 atom stereocenters. The van der Waals surface area contributed by atoms with Crippen LogP contribution >= 0.6 is 0 Å². The zero-order valence-corrected chi connectivity index (χ0v) is 20.6. The molecule has 2 N–H and O–H groups in total. The third-order valence-electron chi connectivity index (χ3n) is 5.06. The van der Waals surface area contributed by atoms with Crippen LogP contribution in [0, 0.1) is 6.92 Å². The molecule has 0 saturated heterocycles. The van der Waals surface area contributed by atoms with Crippen LogP contribution in [0.4, 0.5) is 11.4 Å². The Labute approximate surface area is 214 Å². The molecule has 0 unspecified atom stereocenters. The molecule has 3 rings (SSSR count). The summed E-state index contributed by atoms with van der Waals surface area (Å²) in [5, 5.41) is 5.26. The Hall–Kier alpha value is -4.66. The van der Waals surface area contributed by atoms with E-state index in [0.717, 1.165) is 11.3 Å². The summed E-state index contributed by atoms with van der Waals surface area (Å²) in [7, 11) is 0. The molecule has 37 heavy (non-hydrogen) atoms. The maximum absolute atomic E-state index is 12.2. The Balaban J connectivity index is 1.36. The van der Waals surface area contributed by atoms with Crippen LogP contribution in [-0.2, 0) is 23.9 Å². The minimum absolute atomic E-state index is 0.1000. The van der Waals surface area contributed by atoms with Crippen molar-refractivity contribution in [1.29, 1.82) is 0 Å². The van der Waals surface area contributed by atoms with Gasteiger partial charge in [0.1, 0.15) is 11.5 Å². The van der Waals surface area contributed by atoms with E-state index in [-0.39, 0.29) is 25.4 Å². The highest BCUT2D eigenvalue weighted by molar-refractivity contribution is 5.95. The molecule has 3 aromatic rings. The number of carbonyl (C=O) groups is 4. The fourth-order valence-electron chi connectivity index (χ4n) is 3.16. The summed E-state index contributed by atoms with van der Waals surface area (Å²) in [5.74, 6) is -0.666. The van der Waals surface area contributed by atoms with Crippen molar-refractivity contribution in [3.63, 3.8) is 0 Å². The second-order valence-electron chi connectivity index (χ2n) is 7.95. The van der Waals surface area contributed by atoms with Crippen molar-refractivity contribution in [2.45, 2.75) is 26.7 Å². The van der Waals surface area contributed by atoms with E-state index >= 15 is 0 Å². The zero-order valence-electron chi connectivity index (χ0n) is 20.6. The van der Waals surface area contributed by atoms with Gasteiger partial charge in [0, 0.05) is 17.8 Å². The lowest BCUT2D eigenvalue weighted by molar-refractivity contribution is -0.147. The molecule has 2 amide bonds. The average Bonchev–Trinajstić information content (AvgIpc) is 2.89.